The summed E-state index contributed by atoms with van der Waals surface area (Å²) in [4.78, 5) is 3.67. The molecule has 1 heterocycles. The van der Waals surface area contributed by atoms with Gasteiger partial charge in [-0.15, -0.1) is 0 Å². The molecule has 1 nitrogen and oxygen atoms in total. The Morgan fingerprint density at radius 1 is 1.42 bits per heavy atom. The average molecular weight is 415 g/mol. The maximum Gasteiger partial charge on any atom is 0.281 e. The van der Waals surface area contributed by atoms with Crippen LogP contribution in [0.3, 0.4) is 0 Å². The number of hydrogen-bond acceptors (Lipinski definition) is 1. The van der Waals surface area contributed by atoms with Gasteiger partial charge in [0.2, 0.25) is 0 Å². The minimum atomic E-state index is -2.61. The molecule has 66 valence electrons. The molecule has 1 rings (SSSR count). The monoisotopic (exact) mass is 415 g/mol. The van der Waals surface area contributed by atoms with E-state index >= 15 is 0 Å². The number of halogens is 5. The van der Waals surface area contributed by atoms with Gasteiger partial charge in [-0.1, -0.05) is 11.6 Å². The van der Waals surface area contributed by atoms with Gasteiger partial charge in [-0.2, -0.15) is 0 Å². The van der Waals surface area contributed by atoms with Gasteiger partial charge in [0.25, 0.3) is 6.43 Å². The lowest BCUT2D eigenvalue weighted by molar-refractivity contribution is 0.146. The lowest BCUT2D eigenvalue weighted by atomic mass is 10.4. The summed E-state index contributed by atoms with van der Waals surface area (Å²) in [5, 5.41) is 0.0230. The molecule has 0 bridgehead atoms. The van der Waals surface area contributed by atoms with Crippen molar-refractivity contribution in [3.05, 3.63) is 24.1 Å². The lowest BCUT2D eigenvalue weighted by Crippen LogP contribution is -1.96. The molecule has 0 radical (unpaired) electrons. The van der Waals surface area contributed by atoms with Gasteiger partial charge in [0.15, 0.2) is 0 Å². The summed E-state index contributed by atoms with van der Waals surface area (Å²) in [6.07, 6.45) is -2.61. The van der Waals surface area contributed by atoms with Crippen LogP contribution in [0.15, 0.2) is 6.07 Å². The van der Waals surface area contributed by atoms with Gasteiger partial charge in [-0.25, -0.2) is 13.8 Å². The highest BCUT2D eigenvalue weighted by Gasteiger charge is 2.15. The van der Waals surface area contributed by atoms with Crippen molar-refractivity contribution in [3.8, 4) is 0 Å². The first kappa shape index (κ1) is 10.8. The Bertz CT molecular complexity index is 306. The summed E-state index contributed by atoms with van der Waals surface area (Å²) >= 11 is 9.43. The fourth-order valence-corrected chi connectivity index (χ4v) is 1.88. The van der Waals surface area contributed by atoms with Crippen LogP contribution in [0.1, 0.15) is 12.1 Å². The molecule has 0 spiro atoms. The topological polar surface area (TPSA) is 12.9 Å². The van der Waals surface area contributed by atoms with Crippen LogP contribution in [-0.4, -0.2) is 4.98 Å². The van der Waals surface area contributed by atoms with Crippen molar-refractivity contribution in [1.29, 1.82) is 0 Å². The summed E-state index contributed by atoms with van der Waals surface area (Å²) < 4.78 is 25.7. The SMILES string of the molecule is FC(F)c1nc(I)c(I)cc1Cl. The number of aromatic nitrogens is 1. The maximum absolute atomic E-state index is 12.2. The second-order valence-electron chi connectivity index (χ2n) is 1.93. The quantitative estimate of drug-likeness (QED) is 0.501. The zero-order valence-electron chi connectivity index (χ0n) is 5.49. The molecule has 0 aromatic carbocycles. The average Bonchev–Trinajstić information content (AvgIpc) is 1.96. The molecule has 0 unspecified atom stereocenters. The van der Waals surface area contributed by atoms with Gasteiger partial charge in [0, 0.05) is 3.57 Å². The number of nitrogens with zero attached hydrogens (tertiary/aromatic N) is 1. The number of hydrogen-bond donors (Lipinski definition) is 0. The highest BCUT2D eigenvalue weighted by Crippen LogP contribution is 2.28. The zero-order chi connectivity index (χ0) is 9.30. The van der Waals surface area contributed by atoms with Gasteiger partial charge >= 0.3 is 0 Å². The van der Waals surface area contributed by atoms with Gasteiger partial charge < -0.3 is 0 Å². The fraction of sp³-hybridized carbons (Fsp3) is 0.167. The van der Waals surface area contributed by atoms with E-state index in [-0.39, 0.29) is 10.7 Å². The van der Waals surface area contributed by atoms with Gasteiger partial charge in [0.1, 0.15) is 9.39 Å². The van der Waals surface area contributed by atoms with E-state index in [2.05, 4.69) is 4.98 Å². The standard InChI is InChI=1S/C6H2ClF2I2N/c7-2-1-3(10)6(11)12-4(2)5(8)9/h1,5H. The Morgan fingerprint density at radius 2 is 2.00 bits per heavy atom. The summed E-state index contributed by atoms with van der Waals surface area (Å²) in [6.45, 7) is 0. The van der Waals surface area contributed by atoms with Gasteiger partial charge in [0.05, 0.1) is 5.02 Å². The molecule has 0 aliphatic heterocycles. The molecule has 6 heteroatoms. The minimum absolute atomic E-state index is 0.0230. The van der Waals surface area contributed by atoms with Crippen LogP contribution < -0.4 is 0 Å². The van der Waals surface area contributed by atoms with E-state index in [1.807, 2.05) is 45.2 Å². The van der Waals surface area contributed by atoms with Crippen LogP contribution in [0.4, 0.5) is 8.78 Å². The molecule has 12 heavy (non-hydrogen) atoms. The third kappa shape index (κ3) is 2.38. The Hall–Kier alpha value is 0.760. The molecule has 0 N–H and O–H groups in total. The largest absolute Gasteiger partial charge is 0.281 e. The first-order valence-electron chi connectivity index (χ1n) is 2.82. The van der Waals surface area contributed by atoms with Crippen LogP contribution in [0.2, 0.25) is 5.02 Å². The zero-order valence-corrected chi connectivity index (χ0v) is 10.6. The number of alkyl halides is 2. The fourth-order valence-electron chi connectivity index (χ4n) is 0.610. The Balaban J connectivity index is 3.23. The minimum Gasteiger partial charge on any atom is -0.238 e. The van der Waals surface area contributed by atoms with E-state index in [0.717, 1.165) is 3.57 Å². The van der Waals surface area contributed by atoms with Crippen LogP contribution >= 0.6 is 56.8 Å². The molecule has 0 atom stereocenters. The maximum atomic E-state index is 12.2. The van der Waals surface area contributed by atoms with Crippen molar-refractivity contribution < 1.29 is 8.78 Å². The van der Waals surface area contributed by atoms with Crippen LogP contribution in [0.25, 0.3) is 0 Å². The second-order valence-corrected chi connectivity index (χ2v) is 4.52. The van der Waals surface area contributed by atoms with Crippen molar-refractivity contribution in [2.75, 3.05) is 0 Å². The lowest BCUT2D eigenvalue weighted by Gasteiger charge is -2.03. The Morgan fingerprint density at radius 3 is 2.50 bits per heavy atom. The van der Waals surface area contributed by atoms with Crippen molar-refractivity contribution >= 4 is 56.8 Å². The van der Waals surface area contributed by atoms with Crippen molar-refractivity contribution in [2.45, 2.75) is 6.43 Å². The van der Waals surface area contributed by atoms with Crippen molar-refractivity contribution in [3.63, 3.8) is 0 Å². The highest BCUT2D eigenvalue weighted by molar-refractivity contribution is 14.1. The normalized spacial score (nSPS) is 10.8. The van der Waals surface area contributed by atoms with Crippen LogP contribution in [0, 0.1) is 7.27 Å². The van der Waals surface area contributed by atoms with E-state index in [0.29, 0.717) is 3.70 Å². The molecule has 0 saturated heterocycles. The summed E-state index contributed by atoms with van der Waals surface area (Å²) in [7, 11) is 0. The molecule has 0 fully saturated rings. The van der Waals surface area contributed by atoms with Gasteiger partial charge in [-0.3, -0.25) is 0 Å². The molecule has 0 aliphatic rings. The molecule has 0 amide bonds. The Labute approximate surface area is 100 Å². The van der Waals surface area contributed by atoms with Crippen LogP contribution in [0.5, 0.6) is 0 Å². The van der Waals surface area contributed by atoms with E-state index in [1.165, 1.54) is 6.07 Å². The second kappa shape index (κ2) is 4.32. The number of pyridine rings is 1. The third-order valence-electron chi connectivity index (χ3n) is 1.12. The first-order valence-corrected chi connectivity index (χ1v) is 5.35. The van der Waals surface area contributed by atoms with Gasteiger partial charge in [-0.05, 0) is 51.2 Å². The first-order chi connectivity index (χ1) is 5.52. The van der Waals surface area contributed by atoms with E-state index in [1.54, 1.807) is 0 Å². The highest BCUT2D eigenvalue weighted by atomic mass is 127. The molecule has 1 aromatic rings. The summed E-state index contributed by atoms with van der Waals surface area (Å²) in [5.74, 6) is 0. The molecular formula is C6H2ClF2I2N. The Kier molecular flexibility index (Phi) is 3.90. The molecule has 0 aliphatic carbocycles. The van der Waals surface area contributed by atoms with Crippen molar-refractivity contribution in [2.24, 2.45) is 0 Å². The van der Waals surface area contributed by atoms with E-state index < -0.39 is 6.43 Å². The number of rotatable bonds is 1. The smallest absolute Gasteiger partial charge is 0.238 e. The van der Waals surface area contributed by atoms with E-state index in [4.69, 9.17) is 11.6 Å². The molecule has 1 aromatic heterocycles. The third-order valence-corrected chi connectivity index (χ3v) is 4.10. The summed E-state index contributed by atoms with van der Waals surface area (Å²) in [6, 6.07) is 1.48. The van der Waals surface area contributed by atoms with Crippen molar-refractivity contribution in [1.82, 2.24) is 4.98 Å². The molecular weight excluding hydrogens is 413 g/mol. The predicted octanol–water partition coefficient (Wildman–Crippen LogP) is 3.88. The predicted molar refractivity (Wildman–Crippen MR) is 59.6 cm³/mol. The van der Waals surface area contributed by atoms with E-state index in [9.17, 15) is 8.78 Å². The van der Waals surface area contributed by atoms with Crippen LogP contribution in [-0.2, 0) is 0 Å². The molecule has 0 saturated carbocycles. The summed E-state index contributed by atoms with van der Waals surface area (Å²) in [5.41, 5.74) is -0.346.